The number of fused-ring (bicyclic) bond motifs is 1. The lowest BCUT2D eigenvalue weighted by Crippen LogP contribution is -2.17. The normalized spacial score (nSPS) is 13.5. The minimum atomic E-state index is 0.507. The fourth-order valence-corrected chi connectivity index (χ4v) is 1.60. The van der Waals surface area contributed by atoms with E-state index in [9.17, 15) is 5.21 Å². The number of unbranched alkanes of at least 4 members (excludes halogenated alkanes) is 1. The Bertz CT molecular complexity index is 341. The maximum atomic E-state index is 11.6. The summed E-state index contributed by atoms with van der Waals surface area (Å²) in [5, 5.41) is 12.6. The summed E-state index contributed by atoms with van der Waals surface area (Å²) in [6, 6.07) is 3.56. The van der Waals surface area contributed by atoms with Gasteiger partial charge in [-0.05, 0) is 18.6 Å². The molecular formula is C11H15N2O2-. The van der Waals surface area contributed by atoms with E-state index in [1.165, 1.54) is 0 Å². The van der Waals surface area contributed by atoms with Crippen molar-refractivity contribution < 1.29 is 4.74 Å². The van der Waals surface area contributed by atoms with Crippen LogP contribution < -0.4 is 9.80 Å². The second-order valence-corrected chi connectivity index (χ2v) is 3.67. The maximum absolute atomic E-state index is 11.6. The third kappa shape index (κ3) is 2.21. The third-order valence-corrected chi connectivity index (χ3v) is 2.48. The standard InChI is InChI=1S/C11H15N2O2/c1-2-3-7-13(14)11-5-4-10-9(12-11)6-8-15-10/h4-5H,2-3,6-8H2,1H3/q-1. The Kier molecular flexibility index (Phi) is 3.06. The highest BCUT2D eigenvalue weighted by atomic mass is 16.5. The monoisotopic (exact) mass is 207 g/mol. The summed E-state index contributed by atoms with van der Waals surface area (Å²) in [6.45, 7) is 3.26. The molecule has 1 aliphatic rings. The molecule has 1 aliphatic heterocycles. The van der Waals surface area contributed by atoms with Gasteiger partial charge >= 0.3 is 0 Å². The molecule has 4 heteroatoms. The molecule has 4 nitrogen and oxygen atoms in total. The molecule has 0 fully saturated rings. The molecule has 0 aromatic carbocycles. The molecule has 0 N–H and O–H groups in total. The van der Waals surface area contributed by atoms with Crippen LogP contribution in [0.2, 0.25) is 0 Å². The van der Waals surface area contributed by atoms with Crippen LogP contribution in [0.1, 0.15) is 25.5 Å². The number of ether oxygens (including phenoxy) is 1. The predicted octanol–water partition coefficient (Wildman–Crippen LogP) is 2.12. The molecule has 0 amide bonds. The van der Waals surface area contributed by atoms with Gasteiger partial charge in [0.15, 0.2) is 0 Å². The summed E-state index contributed by atoms with van der Waals surface area (Å²) < 4.78 is 5.33. The Balaban J connectivity index is 2.08. The molecule has 0 bridgehead atoms. The van der Waals surface area contributed by atoms with Crippen molar-refractivity contribution in [3.05, 3.63) is 23.0 Å². The van der Waals surface area contributed by atoms with Crippen molar-refractivity contribution in [1.82, 2.24) is 4.98 Å². The first-order valence-corrected chi connectivity index (χ1v) is 5.38. The number of pyridine rings is 1. The zero-order valence-electron chi connectivity index (χ0n) is 8.90. The lowest BCUT2D eigenvalue weighted by Gasteiger charge is -2.29. The van der Waals surface area contributed by atoms with Crippen molar-refractivity contribution in [3.63, 3.8) is 0 Å². The fourth-order valence-electron chi connectivity index (χ4n) is 1.60. The average molecular weight is 207 g/mol. The van der Waals surface area contributed by atoms with Crippen LogP contribution in [-0.4, -0.2) is 18.1 Å². The zero-order chi connectivity index (χ0) is 10.7. The van der Waals surface area contributed by atoms with Gasteiger partial charge in [0, 0.05) is 13.0 Å². The Labute approximate surface area is 89.5 Å². The first kappa shape index (κ1) is 10.2. The van der Waals surface area contributed by atoms with Gasteiger partial charge in [0.1, 0.15) is 11.6 Å². The summed E-state index contributed by atoms with van der Waals surface area (Å²) >= 11 is 0. The van der Waals surface area contributed by atoms with Crippen molar-refractivity contribution in [3.8, 4) is 5.75 Å². The summed E-state index contributed by atoms with van der Waals surface area (Å²) in [5.41, 5.74) is 0.907. The Hall–Kier alpha value is -1.29. The third-order valence-electron chi connectivity index (χ3n) is 2.48. The van der Waals surface area contributed by atoms with E-state index in [4.69, 9.17) is 4.74 Å². The predicted molar refractivity (Wildman–Crippen MR) is 59.1 cm³/mol. The number of aromatic nitrogens is 1. The van der Waals surface area contributed by atoms with E-state index in [0.29, 0.717) is 19.0 Å². The molecule has 0 atom stereocenters. The van der Waals surface area contributed by atoms with Gasteiger partial charge in [0.05, 0.1) is 12.3 Å². The second kappa shape index (κ2) is 4.49. The fraction of sp³-hybridized carbons (Fsp3) is 0.545. The molecule has 0 spiro atoms. The molecule has 2 rings (SSSR count). The van der Waals surface area contributed by atoms with Crippen molar-refractivity contribution in [2.24, 2.45) is 0 Å². The molecule has 0 saturated heterocycles. The number of hydrogen-bond donors (Lipinski definition) is 0. The van der Waals surface area contributed by atoms with Crippen LogP contribution in [0.3, 0.4) is 0 Å². The van der Waals surface area contributed by atoms with Crippen molar-refractivity contribution in [2.75, 3.05) is 18.2 Å². The van der Waals surface area contributed by atoms with Crippen LogP contribution in [-0.2, 0) is 6.42 Å². The Morgan fingerprint density at radius 3 is 3.20 bits per heavy atom. The van der Waals surface area contributed by atoms with Gasteiger partial charge in [-0.1, -0.05) is 13.3 Å². The van der Waals surface area contributed by atoms with Crippen molar-refractivity contribution in [2.45, 2.75) is 26.2 Å². The average Bonchev–Trinajstić information content (AvgIpc) is 2.72. The zero-order valence-corrected chi connectivity index (χ0v) is 8.90. The van der Waals surface area contributed by atoms with Crippen LogP contribution in [0.15, 0.2) is 12.1 Å². The largest absolute Gasteiger partial charge is 0.757 e. The number of anilines is 1. The van der Waals surface area contributed by atoms with E-state index in [-0.39, 0.29) is 0 Å². The van der Waals surface area contributed by atoms with E-state index in [2.05, 4.69) is 11.9 Å². The molecular weight excluding hydrogens is 192 g/mol. The van der Waals surface area contributed by atoms with Crippen LogP contribution in [0.25, 0.3) is 0 Å². The van der Waals surface area contributed by atoms with Gasteiger partial charge in [-0.25, -0.2) is 4.98 Å². The van der Waals surface area contributed by atoms with E-state index in [0.717, 1.165) is 35.8 Å². The maximum Gasteiger partial charge on any atom is 0.141 e. The van der Waals surface area contributed by atoms with E-state index >= 15 is 0 Å². The van der Waals surface area contributed by atoms with Gasteiger partial charge in [-0.2, -0.15) is 0 Å². The number of hydroxylamine groups is 1. The quantitative estimate of drug-likeness (QED) is 0.709. The van der Waals surface area contributed by atoms with Gasteiger partial charge in [0.25, 0.3) is 0 Å². The van der Waals surface area contributed by atoms with Crippen LogP contribution in [0, 0.1) is 5.21 Å². The summed E-state index contributed by atoms with van der Waals surface area (Å²) in [4.78, 5) is 4.29. The van der Waals surface area contributed by atoms with Gasteiger partial charge < -0.3 is 15.0 Å². The first-order chi connectivity index (χ1) is 7.31. The highest BCUT2D eigenvalue weighted by Crippen LogP contribution is 2.25. The lowest BCUT2D eigenvalue weighted by atomic mass is 10.3. The van der Waals surface area contributed by atoms with E-state index in [1.54, 1.807) is 6.07 Å². The molecule has 0 unspecified atom stereocenters. The minimum Gasteiger partial charge on any atom is -0.757 e. The lowest BCUT2D eigenvalue weighted by molar-refractivity contribution is 0.357. The highest BCUT2D eigenvalue weighted by Gasteiger charge is 2.13. The first-order valence-electron chi connectivity index (χ1n) is 5.38. The Morgan fingerprint density at radius 2 is 2.40 bits per heavy atom. The summed E-state index contributed by atoms with van der Waals surface area (Å²) in [7, 11) is 0. The van der Waals surface area contributed by atoms with E-state index < -0.39 is 0 Å². The van der Waals surface area contributed by atoms with Gasteiger partial charge in [0.2, 0.25) is 0 Å². The number of nitrogens with zero attached hydrogens (tertiary/aromatic N) is 2. The van der Waals surface area contributed by atoms with E-state index in [1.807, 2.05) is 6.07 Å². The molecule has 0 aliphatic carbocycles. The van der Waals surface area contributed by atoms with Gasteiger partial charge in [-0.15, -0.1) is 0 Å². The topological polar surface area (TPSA) is 48.4 Å². The molecule has 0 saturated carbocycles. The molecule has 15 heavy (non-hydrogen) atoms. The molecule has 2 heterocycles. The van der Waals surface area contributed by atoms with Crippen molar-refractivity contribution >= 4 is 5.82 Å². The van der Waals surface area contributed by atoms with Crippen LogP contribution >= 0.6 is 0 Å². The number of hydrogen-bond acceptors (Lipinski definition) is 4. The van der Waals surface area contributed by atoms with Crippen LogP contribution in [0.4, 0.5) is 5.82 Å². The van der Waals surface area contributed by atoms with Gasteiger partial charge in [-0.3, -0.25) is 0 Å². The summed E-state index contributed by atoms with van der Waals surface area (Å²) in [5.74, 6) is 1.33. The molecule has 1 aromatic rings. The summed E-state index contributed by atoms with van der Waals surface area (Å²) in [6.07, 6.45) is 2.73. The second-order valence-electron chi connectivity index (χ2n) is 3.67. The van der Waals surface area contributed by atoms with Crippen molar-refractivity contribution in [1.29, 1.82) is 0 Å². The SMILES string of the molecule is CCCCN([O-])c1ccc2c(n1)CCO2. The Morgan fingerprint density at radius 1 is 1.53 bits per heavy atom. The van der Waals surface area contributed by atoms with Crippen LogP contribution in [0.5, 0.6) is 5.75 Å². The molecule has 1 aromatic heterocycles. The highest BCUT2D eigenvalue weighted by molar-refractivity contribution is 5.45. The molecule has 82 valence electrons. The number of rotatable bonds is 4. The minimum absolute atomic E-state index is 0.507. The smallest absolute Gasteiger partial charge is 0.141 e. The molecule has 0 radical (unpaired) electrons.